The van der Waals surface area contributed by atoms with Crippen molar-refractivity contribution in [3.63, 3.8) is 0 Å². The molecule has 1 rings (SSSR count). The van der Waals surface area contributed by atoms with Crippen LogP contribution in [0.1, 0.15) is 5.56 Å². The average Bonchev–Trinajstić information content (AvgIpc) is 2.21. The Morgan fingerprint density at radius 1 is 1.29 bits per heavy atom. The van der Waals surface area contributed by atoms with E-state index < -0.39 is 6.04 Å². The van der Waals surface area contributed by atoms with Gasteiger partial charge in [0.2, 0.25) is 0 Å². The van der Waals surface area contributed by atoms with Gasteiger partial charge in [-0.15, -0.1) is 0 Å². The lowest BCUT2D eigenvalue weighted by molar-refractivity contribution is -0.120. The Bertz CT molecular complexity index is 308. The summed E-state index contributed by atoms with van der Waals surface area (Å²) in [7, 11) is 0. The molecule has 1 atom stereocenters. The van der Waals surface area contributed by atoms with Gasteiger partial charge in [-0.1, -0.05) is 12.1 Å². The smallest absolute Gasteiger partial charge is 0.298 e. The molecule has 0 fully saturated rings. The molecule has 0 aromatic heterocycles. The Kier molecular flexibility index (Phi) is 3.82. The average molecular weight is 193 g/mol. The van der Waals surface area contributed by atoms with Crippen LogP contribution in [0.15, 0.2) is 24.3 Å². The fraction of sp³-hybridized carbons (Fsp3) is 0.200. The van der Waals surface area contributed by atoms with Gasteiger partial charge >= 0.3 is 0 Å². The van der Waals surface area contributed by atoms with E-state index in [1.54, 1.807) is 24.3 Å². The molecule has 0 radical (unpaired) electrons. The molecule has 1 aromatic rings. The number of nitrogens with two attached hydrogens (primary N) is 1. The molecule has 4 heteroatoms. The predicted octanol–water partition coefficient (Wildman–Crippen LogP) is 0.290. The van der Waals surface area contributed by atoms with E-state index in [-0.39, 0.29) is 0 Å². The van der Waals surface area contributed by atoms with Crippen molar-refractivity contribution in [2.24, 2.45) is 5.73 Å². The van der Waals surface area contributed by atoms with Crippen LogP contribution in [0.4, 0.5) is 0 Å². The van der Waals surface area contributed by atoms with E-state index in [2.05, 4.69) is 4.74 Å². The van der Waals surface area contributed by atoms with E-state index in [9.17, 15) is 9.59 Å². The molecule has 74 valence electrons. The third-order valence-corrected chi connectivity index (χ3v) is 1.75. The zero-order valence-electron chi connectivity index (χ0n) is 7.55. The minimum Gasteiger partial charge on any atom is -0.429 e. The number of carbonyl (C=O) groups is 2. The summed E-state index contributed by atoms with van der Waals surface area (Å²) in [6, 6.07) is 6.36. The van der Waals surface area contributed by atoms with Crippen LogP contribution in [0, 0.1) is 0 Å². The van der Waals surface area contributed by atoms with Crippen LogP contribution in [-0.2, 0) is 16.0 Å². The van der Waals surface area contributed by atoms with E-state index in [4.69, 9.17) is 5.73 Å². The quantitative estimate of drug-likeness (QED) is 0.682. The fourth-order valence-electron chi connectivity index (χ4n) is 1.08. The van der Waals surface area contributed by atoms with Crippen LogP contribution in [-0.4, -0.2) is 18.8 Å². The summed E-state index contributed by atoms with van der Waals surface area (Å²) < 4.78 is 4.61. The lowest BCUT2D eigenvalue weighted by atomic mass is 10.1. The highest BCUT2D eigenvalue weighted by atomic mass is 16.5. The van der Waals surface area contributed by atoms with Gasteiger partial charge < -0.3 is 15.3 Å². The van der Waals surface area contributed by atoms with E-state index in [0.717, 1.165) is 5.56 Å². The fourth-order valence-corrected chi connectivity index (χ4v) is 1.08. The lowest BCUT2D eigenvalue weighted by Crippen LogP contribution is -2.23. The van der Waals surface area contributed by atoms with Gasteiger partial charge in [0.05, 0.1) is 6.04 Å². The van der Waals surface area contributed by atoms with Crippen molar-refractivity contribution >= 4 is 12.8 Å². The first kappa shape index (κ1) is 10.4. The highest BCUT2D eigenvalue weighted by Gasteiger charge is 2.01. The standard InChI is InChI=1S/C10H11NO3/c11-9(6-12)5-8-1-3-10(4-2-8)14-7-13/h1-4,6-7,9H,5,11H2. The Labute approximate surface area is 81.7 Å². The van der Waals surface area contributed by atoms with E-state index in [0.29, 0.717) is 24.9 Å². The number of rotatable bonds is 5. The van der Waals surface area contributed by atoms with Crippen molar-refractivity contribution in [1.29, 1.82) is 0 Å². The Morgan fingerprint density at radius 2 is 1.93 bits per heavy atom. The second-order valence-electron chi connectivity index (χ2n) is 2.86. The van der Waals surface area contributed by atoms with E-state index in [1.807, 2.05) is 0 Å². The molecule has 0 aliphatic rings. The third kappa shape index (κ3) is 2.99. The summed E-state index contributed by atoms with van der Waals surface area (Å²) in [6.45, 7) is 0.367. The van der Waals surface area contributed by atoms with Crippen LogP contribution in [0.2, 0.25) is 0 Å². The molecule has 0 saturated carbocycles. The number of aldehydes is 1. The number of hydrogen-bond donors (Lipinski definition) is 1. The van der Waals surface area contributed by atoms with Crippen LogP contribution < -0.4 is 10.5 Å². The molecule has 0 aliphatic carbocycles. The molecule has 2 N–H and O–H groups in total. The highest BCUT2D eigenvalue weighted by Crippen LogP contribution is 2.11. The second-order valence-corrected chi connectivity index (χ2v) is 2.86. The molecular weight excluding hydrogens is 182 g/mol. The maximum absolute atomic E-state index is 10.3. The molecule has 4 nitrogen and oxygen atoms in total. The molecule has 1 unspecified atom stereocenters. The first-order chi connectivity index (χ1) is 6.76. The minimum absolute atomic E-state index is 0.367. The molecule has 0 saturated heterocycles. The molecule has 14 heavy (non-hydrogen) atoms. The third-order valence-electron chi connectivity index (χ3n) is 1.75. The normalized spacial score (nSPS) is 11.8. The van der Waals surface area contributed by atoms with Crippen molar-refractivity contribution in [2.45, 2.75) is 12.5 Å². The van der Waals surface area contributed by atoms with Crippen LogP contribution >= 0.6 is 0 Å². The van der Waals surface area contributed by atoms with Crippen molar-refractivity contribution in [3.8, 4) is 5.75 Å². The largest absolute Gasteiger partial charge is 0.429 e. The molecule has 0 aliphatic heterocycles. The van der Waals surface area contributed by atoms with Crippen molar-refractivity contribution in [3.05, 3.63) is 29.8 Å². The maximum Gasteiger partial charge on any atom is 0.298 e. The maximum atomic E-state index is 10.3. The summed E-state index contributed by atoms with van der Waals surface area (Å²) in [5.41, 5.74) is 6.38. The summed E-state index contributed by atoms with van der Waals surface area (Å²) in [6.07, 6.45) is 1.20. The number of ether oxygens (including phenoxy) is 1. The summed E-state index contributed by atoms with van der Waals surface area (Å²) in [5, 5.41) is 0. The summed E-state index contributed by atoms with van der Waals surface area (Å²) in [4.78, 5) is 20.3. The van der Waals surface area contributed by atoms with Gasteiger partial charge in [-0.25, -0.2) is 0 Å². The first-order valence-corrected chi connectivity index (χ1v) is 4.16. The Balaban J connectivity index is 2.63. The SMILES string of the molecule is NC(C=O)Cc1ccc(OC=O)cc1. The predicted molar refractivity (Wildman–Crippen MR) is 50.9 cm³/mol. The molecule has 1 aromatic carbocycles. The molecular formula is C10H11NO3. The lowest BCUT2D eigenvalue weighted by Gasteiger charge is -2.04. The van der Waals surface area contributed by atoms with Gasteiger partial charge in [0.25, 0.3) is 6.47 Å². The van der Waals surface area contributed by atoms with Gasteiger partial charge in [0.1, 0.15) is 12.0 Å². The zero-order chi connectivity index (χ0) is 10.4. The van der Waals surface area contributed by atoms with Gasteiger partial charge in [0.15, 0.2) is 0 Å². The molecule has 0 amide bonds. The van der Waals surface area contributed by atoms with Crippen molar-refractivity contribution in [1.82, 2.24) is 0 Å². The van der Waals surface area contributed by atoms with Crippen molar-refractivity contribution in [2.75, 3.05) is 0 Å². The van der Waals surface area contributed by atoms with E-state index in [1.165, 1.54) is 0 Å². The molecule has 0 spiro atoms. The highest BCUT2D eigenvalue weighted by molar-refractivity contribution is 5.58. The van der Waals surface area contributed by atoms with Gasteiger partial charge in [-0.2, -0.15) is 0 Å². The Morgan fingerprint density at radius 3 is 2.43 bits per heavy atom. The number of hydrogen-bond acceptors (Lipinski definition) is 4. The zero-order valence-corrected chi connectivity index (χ0v) is 7.55. The van der Waals surface area contributed by atoms with Gasteiger partial charge in [0, 0.05) is 0 Å². The monoisotopic (exact) mass is 193 g/mol. The molecule has 0 bridgehead atoms. The van der Waals surface area contributed by atoms with Crippen LogP contribution in [0.3, 0.4) is 0 Å². The number of carbonyl (C=O) groups excluding carboxylic acids is 2. The minimum atomic E-state index is -0.479. The second kappa shape index (κ2) is 5.14. The van der Waals surface area contributed by atoms with E-state index >= 15 is 0 Å². The number of benzene rings is 1. The first-order valence-electron chi connectivity index (χ1n) is 4.16. The van der Waals surface area contributed by atoms with Crippen molar-refractivity contribution < 1.29 is 14.3 Å². The topological polar surface area (TPSA) is 69.4 Å². The summed E-state index contributed by atoms with van der Waals surface area (Å²) >= 11 is 0. The Hall–Kier alpha value is -1.68. The van der Waals surface area contributed by atoms with Crippen LogP contribution in [0.25, 0.3) is 0 Å². The van der Waals surface area contributed by atoms with Crippen LogP contribution in [0.5, 0.6) is 5.75 Å². The van der Waals surface area contributed by atoms with Gasteiger partial charge in [-0.05, 0) is 24.1 Å². The van der Waals surface area contributed by atoms with Gasteiger partial charge in [-0.3, -0.25) is 4.79 Å². The summed E-state index contributed by atoms with van der Waals surface area (Å²) in [5.74, 6) is 0.475. The molecule has 0 heterocycles.